The van der Waals surface area contributed by atoms with Gasteiger partial charge in [-0.3, -0.25) is 14.6 Å². The van der Waals surface area contributed by atoms with Crippen LogP contribution in [0.5, 0.6) is 0 Å². The fraction of sp³-hybridized carbons (Fsp3) is 0.211. The van der Waals surface area contributed by atoms with Gasteiger partial charge in [0.25, 0.3) is 5.91 Å². The fourth-order valence-corrected chi connectivity index (χ4v) is 3.28. The molecule has 2 aromatic carbocycles. The van der Waals surface area contributed by atoms with Crippen molar-refractivity contribution in [3.63, 3.8) is 0 Å². The maximum atomic E-state index is 12.6. The van der Waals surface area contributed by atoms with Crippen molar-refractivity contribution in [2.24, 2.45) is 4.99 Å². The van der Waals surface area contributed by atoms with Crippen LogP contribution in [-0.2, 0) is 22.5 Å². The summed E-state index contributed by atoms with van der Waals surface area (Å²) < 4.78 is 5.83. The van der Waals surface area contributed by atoms with Gasteiger partial charge in [-0.2, -0.15) is 0 Å². The SMILES string of the molecule is CCOC(=O)Cc1ccccc1NC(=O)c1cc(Br)c2c(c1)CN=C2. The highest BCUT2D eigenvalue weighted by atomic mass is 79.9. The molecule has 0 spiro atoms. The minimum atomic E-state index is -0.318. The first-order valence-corrected chi connectivity index (χ1v) is 8.75. The molecule has 2 aromatic rings. The molecule has 0 aromatic heterocycles. The topological polar surface area (TPSA) is 67.8 Å². The second-order valence-corrected chi connectivity index (χ2v) is 6.45. The molecular formula is C19H17BrN2O3. The number of nitrogens with one attached hydrogen (secondary N) is 1. The lowest BCUT2D eigenvalue weighted by molar-refractivity contribution is -0.142. The van der Waals surface area contributed by atoms with Crippen LogP contribution in [0.15, 0.2) is 45.9 Å². The quantitative estimate of drug-likeness (QED) is 0.777. The average molecular weight is 401 g/mol. The van der Waals surface area contributed by atoms with Crippen molar-refractivity contribution < 1.29 is 14.3 Å². The Morgan fingerprint density at radius 2 is 2.08 bits per heavy atom. The van der Waals surface area contributed by atoms with Crippen LogP contribution < -0.4 is 5.32 Å². The zero-order valence-electron chi connectivity index (χ0n) is 13.7. The molecule has 0 aliphatic carbocycles. The number of rotatable bonds is 5. The van der Waals surface area contributed by atoms with E-state index in [1.54, 1.807) is 31.3 Å². The normalized spacial score (nSPS) is 11.9. The number of anilines is 1. The number of benzene rings is 2. The van der Waals surface area contributed by atoms with Gasteiger partial charge in [-0.05, 0) is 36.2 Å². The van der Waals surface area contributed by atoms with Crippen molar-refractivity contribution in [3.05, 3.63) is 63.1 Å². The molecule has 1 aliphatic heterocycles. The standard InChI is InChI=1S/C19H17BrN2O3/c1-2-25-18(23)9-12-5-3-4-6-17(12)22-19(24)13-7-14-10-21-11-15(14)16(20)8-13/h3-8,11H,2,9-10H2,1H3,(H,22,24). The van der Waals surface area contributed by atoms with Gasteiger partial charge in [0.05, 0.1) is 19.6 Å². The van der Waals surface area contributed by atoms with Crippen LogP contribution in [0.3, 0.4) is 0 Å². The van der Waals surface area contributed by atoms with Crippen molar-refractivity contribution in [1.82, 2.24) is 0 Å². The molecule has 3 rings (SSSR count). The van der Waals surface area contributed by atoms with E-state index in [1.807, 2.05) is 18.2 Å². The third kappa shape index (κ3) is 3.96. The average Bonchev–Trinajstić information content (AvgIpc) is 3.06. The van der Waals surface area contributed by atoms with Gasteiger partial charge in [-0.1, -0.05) is 34.1 Å². The number of esters is 1. The molecule has 128 valence electrons. The van der Waals surface area contributed by atoms with Crippen molar-refractivity contribution >= 4 is 39.7 Å². The fourth-order valence-electron chi connectivity index (χ4n) is 2.67. The second kappa shape index (κ2) is 7.61. The Hall–Kier alpha value is -2.47. The summed E-state index contributed by atoms with van der Waals surface area (Å²) in [7, 11) is 0. The molecule has 1 heterocycles. The predicted octanol–water partition coefficient (Wildman–Crippen LogP) is 3.74. The molecule has 0 bridgehead atoms. The van der Waals surface area contributed by atoms with Gasteiger partial charge in [0.15, 0.2) is 0 Å². The summed E-state index contributed by atoms with van der Waals surface area (Å²) in [4.78, 5) is 28.6. The number of halogens is 1. The number of ether oxygens (including phenoxy) is 1. The molecule has 0 unspecified atom stereocenters. The van der Waals surface area contributed by atoms with E-state index < -0.39 is 0 Å². The summed E-state index contributed by atoms with van der Waals surface area (Å²) in [5.41, 5.74) is 3.90. The number of hydrogen-bond donors (Lipinski definition) is 1. The second-order valence-electron chi connectivity index (χ2n) is 5.59. The number of amides is 1. The van der Waals surface area contributed by atoms with Gasteiger partial charge in [-0.25, -0.2) is 0 Å². The van der Waals surface area contributed by atoms with Crippen molar-refractivity contribution in [3.8, 4) is 0 Å². The predicted molar refractivity (Wildman–Crippen MR) is 100 cm³/mol. The van der Waals surface area contributed by atoms with E-state index in [2.05, 4.69) is 26.2 Å². The molecule has 0 saturated carbocycles. The van der Waals surface area contributed by atoms with Crippen LogP contribution in [0.4, 0.5) is 5.69 Å². The number of carbonyl (C=O) groups excluding carboxylic acids is 2. The molecule has 1 aliphatic rings. The Morgan fingerprint density at radius 3 is 2.88 bits per heavy atom. The first kappa shape index (κ1) is 17.4. The maximum absolute atomic E-state index is 12.6. The molecule has 0 atom stereocenters. The minimum absolute atomic E-state index is 0.117. The minimum Gasteiger partial charge on any atom is -0.466 e. The molecule has 0 saturated heterocycles. The van der Waals surface area contributed by atoms with Gasteiger partial charge in [0.1, 0.15) is 0 Å². The van der Waals surface area contributed by atoms with E-state index in [1.165, 1.54) is 0 Å². The first-order valence-electron chi connectivity index (χ1n) is 7.95. The number of para-hydroxylation sites is 1. The van der Waals surface area contributed by atoms with Crippen molar-refractivity contribution in [2.45, 2.75) is 19.9 Å². The summed E-state index contributed by atoms with van der Waals surface area (Å²) in [6.07, 6.45) is 1.92. The monoisotopic (exact) mass is 400 g/mol. The van der Waals surface area contributed by atoms with E-state index in [9.17, 15) is 9.59 Å². The summed E-state index contributed by atoms with van der Waals surface area (Å²) in [5.74, 6) is -0.548. The Balaban J connectivity index is 1.80. The molecule has 0 radical (unpaired) electrons. The van der Waals surface area contributed by atoms with Gasteiger partial charge >= 0.3 is 5.97 Å². The van der Waals surface area contributed by atoms with Crippen LogP contribution in [0.1, 0.15) is 34.0 Å². The van der Waals surface area contributed by atoms with Crippen molar-refractivity contribution in [2.75, 3.05) is 11.9 Å². The molecule has 1 N–H and O–H groups in total. The highest BCUT2D eigenvalue weighted by Gasteiger charge is 2.17. The zero-order valence-corrected chi connectivity index (χ0v) is 15.3. The Kier molecular flexibility index (Phi) is 5.28. The Bertz CT molecular complexity index is 862. The van der Waals surface area contributed by atoms with E-state index in [-0.39, 0.29) is 18.3 Å². The molecule has 25 heavy (non-hydrogen) atoms. The third-order valence-corrected chi connectivity index (χ3v) is 4.52. The van der Waals surface area contributed by atoms with Crippen LogP contribution in [0, 0.1) is 0 Å². The van der Waals surface area contributed by atoms with Gasteiger partial charge in [0.2, 0.25) is 0 Å². The van der Waals surface area contributed by atoms with Gasteiger partial charge < -0.3 is 10.1 Å². The van der Waals surface area contributed by atoms with Crippen LogP contribution in [0.25, 0.3) is 0 Å². The highest BCUT2D eigenvalue weighted by Crippen LogP contribution is 2.26. The van der Waals surface area contributed by atoms with Crippen LogP contribution >= 0.6 is 15.9 Å². The smallest absolute Gasteiger partial charge is 0.310 e. The first-order chi connectivity index (χ1) is 12.1. The number of hydrogen-bond acceptors (Lipinski definition) is 4. The zero-order chi connectivity index (χ0) is 17.8. The molecule has 0 fully saturated rings. The number of fused-ring (bicyclic) bond motifs is 1. The lowest BCUT2D eigenvalue weighted by Crippen LogP contribution is -2.15. The highest BCUT2D eigenvalue weighted by molar-refractivity contribution is 9.10. The number of aliphatic imine (C=N–C) groups is 1. The largest absolute Gasteiger partial charge is 0.466 e. The maximum Gasteiger partial charge on any atom is 0.310 e. The molecule has 6 heteroatoms. The molecule has 5 nitrogen and oxygen atoms in total. The number of carbonyl (C=O) groups is 2. The van der Waals surface area contributed by atoms with Gasteiger partial charge in [0, 0.05) is 27.5 Å². The van der Waals surface area contributed by atoms with E-state index in [0.717, 1.165) is 21.2 Å². The summed E-state index contributed by atoms with van der Waals surface area (Å²) in [5, 5.41) is 2.88. The lowest BCUT2D eigenvalue weighted by atomic mass is 10.0. The van der Waals surface area contributed by atoms with Crippen molar-refractivity contribution in [1.29, 1.82) is 0 Å². The number of nitrogens with zero attached hydrogens (tertiary/aromatic N) is 1. The van der Waals surface area contributed by atoms with E-state index in [4.69, 9.17) is 4.74 Å². The lowest BCUT2D eigenvalue weighted by Gasteiger charge is -2.12. The molecule has 1 amide bonds. The Morgan fingerprint density at radius 1 is 1.28 bits per heavy atom. The summed E-state index contributed by atoms with van der Waals surface area (Å²) >= 11 is 3.48. The Labute approximate surface area is 154 Å². The van der Waals surface area contributed by atoms with Crippen LogP contribution in [0.2, 0.25) is 0 Å². The third-order valence-electron chi connectivity index (χ3n) is 3.87. The summed E-state index contributed by atoms with van der Waals surface area (Å²) in [6, 6.07) is 10.8. The van der Waals surface area contributed by atoms with Crippen LogP contribution in [-0.4, -0.2) is 24.7 Å². The van der Waals surface area contributed by atoms with Gasteiger partial charge in [-0.15, -0.1) is 0 Å². The summed E-state index contributed by atoms with van der Waals surface area (Å²) in [6.45, 7) is 2.67. The molecular weight excluding hydrogens is 384 g/mol. The van der Waals surface area contributed by atoms with E-state index >= 15 is 0 Å². The van der Waals surface area contributed by atoms with E-state index in [0.29, 0.717) is 24.4 Å².